The lowest BCUT2D eigenvalue weighted by Crippen LogP contribution is -2.54. The van der Waals surface area contributed by atoms with E-state index in [9.17, 15) is 14.7 Å². The highest BCUT2D eigenvalue weighted by atomic mass is 35.5. The Morgan fingerprint density at radius 3 is 2.24 bits per heavy atom. The van der Waals surface area contributed by atoms with E-state index in [1.54, 1.807) is 6.07 Å². The predicted molar refractivity (Wildman–Crippen MR) is 132 cm³/mol. The SMILES string of the molecule is CCCCO[C@H]([C@@H](Cc1ccc(-c2cc(Cl)cc(Cl)c2)cc1)NC(=O)COC)[C@@H](O)C(=O)OC. The molecule has 0 heterocycles. The first-order chi connectivity index (χ1) is 16.3. The van der Waals surface area contributed by atoms with Crippen molar-refractivity contribution in [3.63, 3.8) is 0 Å². The fourth-order valence-corrected chi connectivity index (χ4v) is 4.01. The molecule has 0 bridgehead atoms. The molecule has 0 unspecified atom stereocenters. The van der Waals surface area contributed by atoms with Gasteiger partial charge in [-0.05, 0) is 47.7 Å². The molecule has 0 fully saturated rings. The van der Waals surface area contributed by atoms with Crippen molar-refractivity contribution in [3.8, 4) is 11.1 Å². The first-order valence-corrected chi connectivity index (χ1v) is 11.8. The number of hydrogen-bond donors (Lipinski definition) is 2. The molecule has 1 amide bonds. The molecule has 9 heteroatoms. The zero-order valence-corrected chi connectivity index (χ0v) is 21.1. The molecule has 3 atom stereocenters. The lowest BCUT2D eigenvalue weighted by molar-refractivity contribution is -0.162. The van der Waals surface area contributed by atoms with Gasteiger partial charge < -0.3 is 24.6 Å². The molecule has 2 aromatic rings. The largest absolute Gasteiger partial charge is 0.467 e. The Morgan fingerprint density at radius 2 is 1.68 bits per heavy atom. The average Bonchev–Trinajstić information content (AvgIpc) is 2.80. The maximum absolute atomic E-state index is 12.3. The van der Waals surface area contributed by atoms with Crippen LogP contribution in [0.2, 0.25) is 10.0 Å². The summed E-state index contributed by atoms with van der Waals surface area (Å²) >= 11 is 12.2. The van der Waals surface area contributed by atoms with Gasteiger partial charge in [-0.1, -0.05) is 60.8 Å². The number of hydrogen-bond acceptors (Lipinski definition) is 6. The van der Waals surface area contributed by atoms with Crippen LogP contribution < -0.4 is 5.32 Å². The van der Waals surface area contributed by atoms with Crippen molar-refractivity contribution in [2.75, 3.05) is 27.4 Å². The number of esters is 1. The third kappa shape index (κ3) is 8.56. The molecule has 186 valence electrons. The van der Waals surface area contributed by atoms with E-state index in [1.807, 2.05) is 43.3 Å². The molecule has 0 spiro atoms. The summed E-state index contributed by atoms with van der Waals surface area (Å²) in [6.45, 7) is 2.16. The standard InChI is InChI=1S/C25H31Cl2NO6/c1-4-5-10-34-24(23(30)25(31)33-3)21(28-22(29)15-32-2)11-16-6-8-17(9-7-16)18-12-19(26)14-20(27)13-18/h6-9,12-14,21,23-24,30H,4-5,10-11,15H2,1-3H3,(H,28,29)/t21-,23-,24-/m1/s1. The molecule has 34 heavy (non-hydrogen) atoms. The number of halogens is 2. The Balaban J connectivity index is 2.30. The minimum absolute atomic E-state index is 0.166. The van der Waals surface area contributed by atoms with E-state index in [2.05, 4.69) is 5.32 Å². The Kier molecular flexibility index (Phi) is 11.8. The smallest absolute Gasteiger partial charge is 0.337 e. The molecule has 2 aromatic carbocycles. The van der Waals surface area contributed by atoms with Crippen LogP contribution in [-0.4, -0.2) is 62.7 Å². The van der Waals surface area contributed by atoms with E-state index in [-0.39, 0.29) is 12.5 Å². The van der Waals surface area contributed by atoms with Crippen LogP contribution in [0.15, 0.2) is 42.5 Å². The van der Waals surface area contributed by atoms with E-state index >= 15 is 0 Å². The first-order valence-electron chi connectivity index (χ1n) is 11.0. The summed E-state index contributed by atoms with van der Waals surface area (Å²) in [6, 6.07) is 12.2. The lowest BCUT2D eigenvalue weighted by Gasteiger charge is -2.31. The fraction of sp³-hybridized carbons (Fsp3) is 0.440. The van der Waals surface area contributed by atoms with Crippen LogP contribution in [0.3, 0.4) is 0 Å². The topological polar surface area (TPSA) is 94.1 Å². The normalized spacial score (nSPS) is 13.7. The van der Waals surface area contributed by atoms with Gasteiger partial charge >= 0.3 is 5.97 Å². The summed E-state index contributed by atoms with van der Waals surface area (Å²) in [5, 5.41) is 14.5. The minimum atomic E-state index is -1.57. The van der Waals surface area contributed by atoms with Gasteiger partial charge in [-0.25, -0.2) is 4.79 Å². The van der Waals surface area contributed by atoms with Gasteiger partial charge in [0.1, 0.15) is 12.7 Å². The molecule has 7 nitrogen and oxygen atoms in total. The van der Waals surface area contributed by atoms with Crippen molar-refractivity contribution >= 4 is 35.1 Å². The van der Waals surface area contributed by atoms with E-state index < -0.39 is 24.2 Å². The number of aliphatic hydroxyl groups excluding tert-OH is 1. The zero-order valence-electron chi connectivity index (χ0n) is 19.6. The third-order valence-corrected chi connectivity index (χ3v) is 5.62. The maximum Gasteiger partial charge on any atom is 0.337 e. The second-order valence-electron chi connectivity index (χ2n) is 7.82. The van der Waals surface area contributed by atoms with Crippen LogP contribution in [0.5, 0.6) is 0 Å². The molecule has 2 N–H and O–H groups in total. The van der Waals surface area contributed by atoms with Crippen LogP contribution in [-0.2, 0) is 30.2 Å². The number of nitrogens with one attached hydrogen (secondary N) is 1. The van der Waals surface area contributed by atoms with Crippen LogP contribution in [0.25, 0.3) is 11.1 Å². The highest BCUT2D eigenvalue weighted by Gasteiger charge is 2.35. The van der Waals surface area contributed by atoms with Crippen molar-refractivity contribution in [2.24, 2.45) is 0 Å². The van der Waals surface area contributed by atoms with Gasteiger partial charge in [0.25, 0.3) is 0 Å². The molecule has 0 aliphatic rings. The summed E-state index contributed by atoms with van der Waals surface area (Å²) in [5.74, 6) is -1.22. The number of benzene rings is 2. The first kappa shape index (κ1) is 28.1. The number of carbonyl (C=O) groups is 2. The molecule has 0 aliphatic heterocycles. The van der Waals surface area contributed by atoms with Gasteiger partial charge in [-0.3, -0.25) is 4.79 Å². The summed E-state index contributed by atoms with van der Waals surface area (Å²) in [5.41, 5.74) is 2.65. The highest BCUT2D eigenvalue weighted by Crippen LogP contribution is 2.28. The number of carbonyl (C=O) groups excluding carboxylic acids is 2. The van der Waals surface area contributed by atoms with Crippen LogP contribution >= 0.6 is 23.2 Å². The molecule has 0 saturated heterocycles. The zero-order chi connectivity index (χ0) is 25.1. The molecule has 2 rings (SSSR count). The van der Waals surface area contributed by atoms with Crippen molar-refractivity contribution < 1.29 is 28.9 Å². The number of amides is 1. The molecule has 0 aliphatic carbocycles. The quantitative estimate of drug-likeness (QED) is 0.311. The van der Waals surface area contributed by atoms with Gasteiger partial charge in [0, 0.05) is 23.8 Å². The lowest BCUT2D eigenvalue weighted by atomic mass is 9.95. The number of rotatable bonds is 13. The van der Waals surface area contributed by atoms with Gasteiger partial charge in [0.2, 0.25) is 5.91 Å². The van der Waals surface area contributed by atoms with Crippen LogP contribution in [0, 0.1) is 0 Å². The second kappa shape index (κ2) is 14.3. The van der Waals surface area contributed by atoms with E-state index in [0.29, 0.717) is 23.1 Å². The molecule has 0 saturated carbocycles. The van der Waals surface area contributed by atoms with E-state index in [0.717, 1.165) is 29.5 Å². The Bertz CT molecular complexity index is 917. The molecule has 0 aromatic heterocycles. The average molecular weight is 512 g/mol. The van der Waals surface area contributed by atoms with E-state index in [4.69, 9.17) is 37.4 Å². The number of methoxy groups -OCH3 is 2. The Morgan fingerprint density at radius 1 is 1.03 bits per heavy atom. The summed E-state index contributed by atoms with van der Waals surface area (Å²) in [7, 11) is 2.60. The molecular weight excluding hydrogens is 481 g/mol. The summed E-state index contributed by atoms with van der Waals surface area (Å²) in [4.78, 5) is 24.4. The predicted octanol–water partition coefficient (Wildman–Crippen LogP) is 4.05. The van der Waals surface area contributed by atoms with Crippen molar-refractivity contribution in [3.05, 3.63) is 58.1 Å². The third-order valence-electron chi connectivity index (χ3n) is 5.19. The summed E-state index contributed by atoms with van der Waals surface area (Å²) in [6.07, 6.45) is -0.665. The van der Waals surface area contributed by atoms with E-state index in [1.165, 1.54) is 14.2 Å². The molecular formula is C25H31Cl2NO6. The minimum Gasteiger partial charge on any atom is -0.467 e. The van der Waals surface area contributed by atoms with Gasteiger partial charge in [-0.2, -0.15) is 0 Å². The van der Waals surface area contributed by atoms with Crippen molar-refractivity contribution in [2.45, 2.75) is 44.4 Å². The van der Waals surface area contributed by atoms with Crippen LogP contribution in [0.4, 0.5) is 0 Å². The Labute approximate surface area is 210 Å². The van der Waals surface area contributed by atoms with Crippen LogP contribution in [0.1, 0.15) is 25.3 Å². The van der Waals surface area contributed by atoms with Crippen molar-refractivity contribution in [1.29, 1.82) is 0 Å². The second-order valence-corrected chi connectivity index (χ2v) is 8.70. The fourth-order valence-electron chi connectivity index (χ4n) is 3.48. The van der Waals surface area contributed by atoms with Gasteiger partial charge in [-0.15, -0.1) is 0 Å². The van der Waals surface area contributed by atoms with Crippen molar-refractivity contribution in [1.82, 2.24) is 5.32 Å². The van der Waals surface area contributed by atoms with Gasteiger partial charge in [0.15, 0.2) is 6.10 Å². The Hall–Kier alpha value is -2.16. The number of unbranched alkanes of at least 4 members (excludes halogenated alkanes) is 1. The number of ether oxygens (including phenoxy) is 3. The highest BCUT2D eigenvalue weighted by molar-refractivity contribution is 6.35. The maximum atomic E-state index is 12.3. The summed E-state index contributed by atoms with van der Waals surface area (Å²) < 4.78 is 15.5. The molecule has 0 radical (unpaired) electrons. The number of aliphatic hydroxyl groups is 1. The monoisotopic (exact) mass is 511 g/mol. The van der Waals surface area contributed by atoms with Gasteiger partial charge in [0.05, 0.1) is 13.2 Å².